The van der Waals surface area contributed by atoms with Gasteiger partial charge in [0.25, 0.3) is 0 Å². The van der Waals surface area contributed by atoms with Crippen LogP contribution >= 0.6 is 11.6 Å². The molecule has 242 valence electrons. The number of fused-ring (bicyclic) bond motifs is 2. The van der Waals surface area contributed by atoms with E-state index in [9.17, 15) is 10.1 Å². The summed E-state index contributed by atoms with van der Waals surface area (Å²) in [6.45, 7) is 4.13. The fourth-order valence-electron chi connectivity index (χ4n) is 6.79. The van der Waals surface area contributed by atoms with Crippen LogP contribution in [0.5, 0.6) is 6.01 Å². The van der Waals surface area contributed by atoms with E-state index in [4.69, 9.17) is 31.0 Å². The second-order valence-corrected chi connectivity index (χ2v) is 13.1. The van der Waals surface area contributed by atoms with Crippen LogP contribution < -0.4 is 9.64 Å². The molecule has 3 aromatic rings. The Morgan fingerprint density at radius 3 is 2.76 bits per heavy atom. The molecule has 3 aliphatic rings. The molecule has 6 rings (SSSR count). The summed E-state index contributed by atoms with van der Waals surface area (Å²) in [7, 11) is 6.05. The number of aromatic nitrogens is 2. The Kier molecular flexibility index (Phi) is 10.0. The minimum absolute atomic E-state index is 0.0731. The fraction of sp³-hybridized carbons (Fsp3) is 0.486. The van der Waals surface area contributed by atoms with E-state index in [0.717, 1.165) is 52.8 Å². The molecule has 1 aromatic heterocycles. The molecule has 3 aliphatic heterocycles. The molecule has 3 atom stereocenters. The predicted molar refractivity (Wildman–Crippen MR) is 179 cm³/mol. The van der Waals surface area contributed by atoms with Crippen molar-refractivity contribution in [2.24, 2.45) is 0 Å². The van der Waals surface area contributed by atoms with E-state index in [0.29, 0.717) is 62.9 Å². The van der Waals surface area contributed by atoms with Gasteiger partial charge in [-0.1, -0.05) is 48.0 Å². The molecule has 0 saturated carbocycles. The summed E-state index contributed by atoms with van der Waals surface area (Å²) >= 11 is 6.69. The highest BCUT2D eigenvalue weighted by atomic mass is 35.5. The Balaban J connectivity index is 1.30. The van der Waals surface area contributed by atoms with E-state index in [1.54, 1.807) is 6.08 Å². The zero-order chi connectivity index (χ0) is 32.2. The predicted octanol–water partition coefficient (Wildman–Crippen LogP) is 4.62. The number of hydrogen-bond donors (Lipinski definition) is 0. The number of likely N-dealkylation sites (tertiary alicyclic amines) is 1. The number of nitrogens with zero attached hydrogens (tertiary/aromatic N) is 7. The summed E-state index contributed by atoms with van der Waals surface area (Å²) in [5, 5.41) is 12.4. The van der Waals surface area contributed by atoms with Gasteiger partial charge in [-0.05, 0) is 57.5 Å². The molecule has 0 bridgehead atoms. The molecule has 46 heavy (non-hydrogen) atoms. The maximum absolute atomic E-state index is 13.1. The number of carbonyl (C=O) groups is 1. The van der Waals surface area contributed by atoms with Crippen molar-refractivity contribution in [3.63, 3.8) is 0 Å². The zero-order valence-corrected chi connectivity index (χ0v) is 27.6. The molecular weight excluding hydrogens is 602 g/mol. The molecule has 0 N–H and O–H groups in total. The normalized spacial score (nSPS) is 22.0. The number of anilines is 1. The second-order valence-electron chi connectivity index (χ2n) is 12.7. The van der Waals surface area contributed by atoms with Crippen LogP contribution in [0.2, 0.25) is 5.02 Å². The van der Waals surface area contributed by atoms with Gasteiger partial charge in [0, 0.05) is 60.7 Å². The van der Waals surface area contributed by atoms with Crippen molar-refractivity contribution in [1.29, 1.82) is 5.26 Å². The first-order valence-electron chi connectivity index (χ1n) is 16.1. The number of rotatable bonds is 9. The number of ether oxygens (including phenoxy) is 2. The van der Waals surface area contributed by atoms with Crippen LogP contribution in [-0.4, -0.2) is 103 Å². The smallest absolute Gasteiger partial charge is 0.318 e. The number of piperazine rings is 1. The maximum Gasteiger partial charge on any atom is 0.318 e. The quantitative estimate of drug-likeness (QED) is 0.310. The Bertz CT molecular complexity index is 1640. The minimum Gasteiger partial charge on any atom is -0.462 e. The van der Waals surface area contributed by atoms with E-state index >= 15 is 0 Å². The monoisotopic (exact) mass is 643 g/mol. The first-order chi connectivity index (χ1) is 22.3. The maximum atomic E-state index is 13.1. The standard InChI is InChI=1S/C35H42ClN7O3/c1-40(2)16-7-13-32(44)43-19-18-42(21-25(43)14-15-37)34-28-23-45-31(27-11-4-8-24-9-5-12-29(36)33(24)27)20-30(28)38-35(39-34)46-22-26-10-6-17-41(26)3/h4-5,7-9,11-13,25-26,31H,6,10,14,16-23H2,1-3H3/b13-7+/t25-,26-,31?/m0/s1. The lowest BCUT2D eigenvalue weighted by Gasteiger charge is -2.42. The molecule has 2 fully saturated rings. The molecule has 1 amide bonds. The lowest BCUT2D eigenvalue weighted by molar-refractivity contribution is -0.128. The zero-order valence-electron chi connectivity index (χ0n) is 26.9. The van der Waals surface area contributed by atoms with Gasteiger partial charge >= 0.3 is 6.01 Å². The van der Waals surface area contributed by atoms with Crippen LogP contribution in [0, 0.1) is 11.3 Å². The number of hydrogen-bond acceptors (Lipinski definition) is 9. The number of halogens is 1. The van der Waals surface area contributed by atoms with Crippen molar-refractivity contribution in [2.75, 3.05) is 65.4 Å². The van der Waals surface area contributed by atoms with Gasteiger partial charge < -0.3 is 29.1 Å². The summed E-state index contributed by atoms with van der Waals surface area (Å²) < 4.78 is 12.8. The molecule has 10 nitrogen and oxygen atoms in total. The Labute approximate surface area is 276 Å². The van der Waals surface area contributed by atoms with Gasteiger partial charge in [-0.25, -0.2) is 0 Å². The molecule has 11 heteroatoms. The third-order valence-electron chi connectivity index (χ3n) is 9.29. The van der Waals surface area contributed by atoms with Gasteiger partial charge in [0.1, 0.15) is 12.4 Å². The first-order valence-corrected chi connectivity index (χ1v) is 16.5. The molecule has 0 aliphatic carbocycles. The van der Waals surface area contributed by atoms with Crippen molar-refractivity contribution in [1.82, 2.24) is 24.7 Å². The van der Waals surface area contributed by atoms with E-state index in [1.807, 2.05) is 48.2 Å². The average Bonchev–Trinajstić information content (AvgIpc) is 3.47. The van der Waals surface area contributed by atoms with Crippen LogP contribution in [-0.2, 0) is 22.6 Å². The molecule has 0 spiro atoms. The third kappa shape index (κ3) is 6.98. The number of amides is 1. The molecular formula is C35H42ClN7O3. The van der Waals surface area contributed by atoms with Gasteiger partial charge in [-0.2, -0.15) is 15.2 Å². The van der Waals surface area contributed by atoms with Crippen LogP contribution in [0.4, 0.5) is 5.82 Å². The molecule has 2 aromatic carbocycles. The molecule has 4 heterocycles. The van der Waals surface area contributed by atoms with Crippen LogP contribution in [0.15, 0.2) is 48.6 Å². The SMILES string of the molecule is CN(C)C/C=C/C(=O)N1CCN(c2nc(OC[C@@H]3CCCN3C)nc3c2COC(c2cccc4cccc(Cl)c24)C3)C[C@@H]1CC#N. The van der Waals surface area contributed by atoms with Gasteiger partial charge in [0.15, 0.2) is 0 Å². The lowest BCUT2D eigenvalue weighted by atomic mass is 9.94. The van der Waals surface area contributed by atoms with Crippen molar-refractivity contribution in [3.8, 4) is 12.1 Å². The Morgan fingerprint density at radius 2 is 2.00 bits per heavy atom. The van der Waals surface area contributed by atoms with Gasteiger partial charge in [0.2, 0.25) is 5.91 Å². The second kappa shape index (κ2) is 14.3. The Hall–Kier alpha value is -3.75. The molecule has 0 radical (unpaired) electrons. The number of carbonyl (C=O) groups excluding carboxylic acids is 1. The van der Waals surface area contributed by atoms with Crippen LogP contribution in [0.1, 0.15) is 42.2 Å². The topological polar surface area (TPSA) is 98.1 Å². The fourth-order valence-corrected chi connectivity index (χ4v) is 7.08. The summed E-state index contributed by atoms with van der Waals surface area (Å²) in [5.41, 5.74) is 2.85. The van der Waals surface area contributed by atoms with Crippen molar-refractivity contribution in [2.45, 2.75) is 50.5 Å². The van der Waals surface area contributed by atoms with Crippen molar-refractivity contribution in [3.05, 3.63) is 70.4 Å². The Morgan fingerprint density at radius 1 is 1.17 bits per heavy atom. The summed E-state index contributed by atoms with van der Waals surface area (Å²) in [6.07, 6.45) is 6.26. The summed E-state index contributed by atoms with van der Waals surface area (Å²) in [4.78, 5) is 31.3. The highest BCUT2D eigenvalue weighted by Crippen LogP contribution is 2.39. The van der Waals surface area contributed by atoms with Crippen molar-refractivity contribution >= 4 is 34.1 Å². The minimum atomic E-state index is -0.271. The van der Waals surface area contributed by atoms with E-state index in [1.165, 1.54) is 0 Å². The first kappa shape index (κ1) is 32.2. The van der Waals surface area contributed by atoms with Gasteiger partial charge in [0.05, 0.1) is 36.9 Å². The van der Waals surface area contributed by atoms with Crippen LogP contribution in [0.25, 0.3) is 10.8 Å². The largest absolute Gasteiger partial charge is 0.462 e. The number of likely N-dealkylation sites (N-methyl/N-ethyl adjacent to an activating group) is 2. The average molecular weight is 644 g/mol. The highest BCUT2D eigenvalue weighted by molar-refractivity contribution is 6.35. The van der Waals surface area contributed by atoms with Crippen molar-refractivity contribution < 1.29 is 14.3 Å². The lowest BCUT2D eigenvalue weighted by Crippen LogP contribution is -2.55. The number of nitriles is 1. The van der Waals surface area contributed by atoms with Gasteiger partial charge in [-0.15, -0.1) is 0 Å². The van der Waals surface area contributed by atoms with E-state index < -0.39 is 0 Å². The molecule has 1 unspecified atom stereocenters. The highest BCUT2D eigenvalue weighted by Gasteiger charge is 2.34. The molecule has 2 saturated heterocycles. The summed E-state index contributed by atoms with van der Waals surface area (Å²) in [5.74, 6) is 0.684. The number of benzene rings is 2. The van der Waals surface area contributed by atoms with Gasteiger partial charge in [-0.3, -0.25) is 4.79 Å². The van der Waals surface area contributed by atoms with E-state index in [2.05, 4.69) is 41.1 Å². The third-order valence-corrected chi connectivity index (χ3v) is 9.61. The van der Waals surface area contributed by atoms with E-state index in [-0.39, 0.29) is 24.5 Å². The summed E-state index contributed by atoms with van der Waals surface area (Å²) in [6, 6.07) is 14.8. The van der Waals surface area contributed by atoms with Crippen LogP contribution in [0.3, 0.4) is 0 Å².